The number of piperidine rings is 1. The highest BCUT2D eigenvalue weighted by Gasteiger charge is 2.28. The van der Waals surface area contributed by atoms with Crippen molar-refractivity contribution in [3.05, 3.63) is 23.9 Å². The molecule has 0 spiro atoms. The summed E-state index contributed by atoms with van der Waals surface area (Å²) in [6.07, 6.45) is 3.87. The minimum atomic E-state index is 0.124. The Morgan fingerprint density at radius 2 is 1.77 bits per heavy atom. The predicted molar refractivity (Wildman–Crippen MR) is 105 cm³/mol. The molecule has 1 amide bonds. The summed E-state index contributed by atoms with van der Waals surface area (Å²) < 4.78 is 5.44. The van der Waals surface area contributed by atoms with E-state index in [0.29, 0.717) is 11.6 Å². The lowest BCUT2D eigenvalue weighted by atomic mass is 10.0. The molecule has 1 aromatic heterocycles. The van der Waals surface area contributed by atoms with Crippen molar-refractivity contribution in [1.29, 1.82) is 0 Å². The number of likely N-dealkylation sites (tertiary alicyclic amines) is 1. The molecule has 0 saturated carbocycles. The molecule has 1 aromatic rings. The van der Waals surface area contributed by atoms with Crippen LogP contribution in [0.4, 0.5) is 5.82 Å². The van der Waals surface area contributed by atoms with Crippen LogP contribution in [-0.4, -0.2) is 90.7 Å². The molecule has 4 rings (SSSR count). The lowest BCUT2D eigenvalue weighted by molar-refractivity contribution is 0.00158. The average molecular weight is 377 g/mol. The van der Waals surface area contributed by atoms with E-state index < -0.39 is 0 Å². The van der Waals surface area contributed by atoms with E-state index in [1.54, 1.807) is 6.20 Å². The first-order valence-electron chi connectivity index (χ1n) is 9.71. The van der Waals surface area contributed by atoms with Crippen molar-refractivity contribution in [2.75, 3.05) is 68.9 Å². The van der Waals surface area contributed by atoms with Crippen molar-refractivity contribution in [2.45, 2.75) is 18.9 Å². The number of hydrogen-bond acceptors (Lipinski definition) is 6. The van der Waals surface area contributed by atoms with Crippen LogP contribution in [0.1, 0.15) is 23.2 Å². The number of thioether (sulfide) groups is 1. The highest BCUT2D eigenvalue weighted by atomic mass is 32.2. The molecule has 4 heterocycles. The Hall–Kier alpha value is -1.31. The van der Waals surface area contributed by atoms with Crippen molar-refractivity contribution in [3.63, 3.8) is 0 Å². The van der Waals surface area contributed by atoms with Gasteiger partial charge >= 0.3 is 0 Å². The van der Waals surface area contributed by atoms with Crippen LogP contribution in [0.3, 0.4) is 0 Å². The Morgan fingerprint density at radius 3 is 2.42 bits per heavy atom. The summed E-state index contributed by atoms with van der Waals surface area (Å²) in [5.41, 5.74) is 0.713. The fourth-order valence-corrected chi connectivity index (χ4v) is 4.95. The number of rotatable bonds is 3. The lowest BCUT2D eigenvalue weighted by Crippen LogP contribution is -2.50. The third-order valence-corrected chi connectivity index (χ3v) is 6.59. The summed E-state index contributed by atoms with van der Waals surface area (Å²) in [6, 6.07) is 4.55. The molecule has 6 nitrogen and oxygen atoms in total. The second-order valence-corrected chi connectivity index (χ2v) is 8.40. The smallest absolute Gasteiger partial charge is 0.255 e. The Kier molecular flexibility index (Phi) is 5.97. The number of nitrogens with zero attached hydrogens (tertiary/aromatic N) is 4. The maximum Gasteiger partial charge on any atom is 0.255 e. The molecule has 142 valence electrons. The van der Waals surface area contributed by atoms with Gasteiger partial charge in [0.1, 0.15) is 5.82 Å². The topological polar surface area (TPSA) is 48.9 Å². The Morgan fingerprint density at radius 1 is 1.04 bits per heavy atom. The van der Waals surface area contributed by atoms with Gasteiger partial charge in [0, 0.05) is 63.0 Å². The number of hydrogen-bond donors (Lipinski definition) is 0. The molecule has 0 aliphatic carbocycles. The molecule has 0 radical (unpaired) electrons. The summed E-state index contributed by atoms with van der Waals surface area (Å²) in [6.45, 7) is 7.50. The van der Waals surface area contributed by atoms with Gasteiger partial charge in [-0.3, -0.25) is 9.69 Å². The van der Waals surface area contributed by atoms with Crippen LogP contribution in [0.15, 0.2) is 18.3 Å². The zero-order valence-electron chi connectivity index (χ0n) is 15.3. The number of morpholine rings is 1. The first-order chi connectivity index (χ1) is 12.8. The molecule has 7 heteroatoms. The number of carbonyl (C=O) groups is 1. The zero-order valence-corrected chi connectivity index (χ0v) is 16.1. The Bertz CT molecular complexity index is 592. The molecular weight excluding hydrogens is 348 g/mol. The molecule has 0 bridgehead atoms. The molecule has 0 N–H and O–H groups in total. The third-order valence-electron chi connectivity index (χ3n) is 5.64. The number of anilines is 1. The highest BCUT2D eigenvalue weighted by Crippen LogP contribution is 2.21. The van der Waals surface area contributed by atoms with Gasteiger partial charge in [-0.15, -0.1) is 0 Å². The van der Waals surface area contributed by atoms with Crippen LogP contribution in [0, 0.1) is 0 Å². The minimum Gasteiger partial charge on any atom is -0.379 e. The van der Waals surface area contributed by atoms with Gasteiger partial charge in [0.25, 0.3) is 5.91 Å². The van der Waals surface area contributed by atoms with Crippen molar-refractivity contribution >= 4 is 23.5 Å². The number of pyridine rings is 1. The van der Waals surface area contributed by atoms with Crippen LogP contribution in [-0.2, 0) is 4.74 Å². The van der Waals surface area contributed by atoms with Gasteiger partial charge in [-0.25, -0.2) is 4.98 Å². The molecule has 3 saturated heterocycles. The van der Waals surface area contributed by atoms with E-state index in [2.05, 4.69) is 14.8 Å². The number of carbonyl (C=O) groups excluding carboxylic acids is 1. The van der Waals surface area contributed by atoms with Gasteiger partial charge in [-0.1, -0.05) is 0 Å². The standard InChI is InChI=1S/C19H28N4O2S/c24-19(16-1-2-18(20-15-16)22-9-13-26-14-10-22)23-5-3-17(4-6-23)21-7-11-25-12-8-21/h1-2,15,17H,3-14H2. The van der Waals surface area contributed by atoms with E-state index in [-0.39, 0.29) is 5.91 Å². The van der Waals surface area contributed by atoms with E-state index in [1.807, 2.05) is 28.8 Å². The van der Waals surface area contributed by atoms with Gasteiger partial charge in [0.15, 0.2) is 0 Å². The second kappa shape index (κ2) is 8.59. The SMILES string of the molecule is O=C(c1ccc(N2CCSCC2)nc1)N1CCC(N2CCOCC2)CC1. The first-order valence-corrected chi connectivity index (χ1v) is 10.9. The number of aromatic nitrogens is 1. The van der Waals surface area contributed by atoms with Crippen molar-refractivity contribution < 1.29 is 9.53 Å². The summed E-state index contributed by atoms with van der Waals surface area (Å²) >= 11 is 1.99. The first kappa shape index (κ1) is 18.1. The highest BCUT2D eigenvalue weighted by molar-refractivity contribution is 7.99. The molecular formula is C19H28N4O2S. The van der Waals surface area contributed by atoms with Crippen LogP contribution in [0.5, 0.6) is 0 Å². The maximum absolute atomic E-state index is 12.8. The lowest BCUT2D eigenvalue weighted by Gasteiger charge is -2.40. The fraction of sp³-hybridized carbons (Fsp3) is 0.684. The quantitative estimate of drug-likeness (QED) is 0.798. The van der Waals surface area contributed by atoms with Crippen LogP contribution in [0.25, 0.3) is 0 Å². The van der Waals surface area contributed by atoms with E-state index >= 15 is 0 Å². The van der Waals surface area contributed by atoms with Gasteiger partial charge in [-0.05, 0) is 25.0 Å². The second-order valence-electron chi connectivity index (χ2n) is 7.18. The minimum absolute atomic E-state index is 0.124. The average Bonchev–Trinajstić information content (AvgIpc) is 2.75. The van der Waals surface area contributed by atoms with E-state index in [9.17, 15) is 4.79 Å². The third kappa shape index (κ3) is 4.15. The number of amides is 1. The van der Waals surface area contributed by atoms with Gasteiger partial charge in [-0.2, -0.15) is 11.8 Å². The van der Waals surface area contributed by atoms with Crippen molar-refractivity contribution in [2.24, 2.45) is 0 Å². The van der Waals surface area contributed by atoms with Crippen LogP contribution < -0.4 is 4.90 Å². The molecule has 0 atom stereocenters. The molecule has 26 heavy (non-hydrogen) atoms. The summed E-state index contributed by atoms with van der Waals surface area (Å²) in [5.74, 6) is 3.42. The summed E-state index contributed by atoms with van der Waals surface area (Å²) in [4.78, 5) is 24.2. The van der Waals surface area contributed by atoms with Crippen LogP contribution >= 0.6 is 11.8 Å². The van der Waals surface area contributed by atoms with E-state index in [0.717, 1.165) is 82.6 Å². The molecule has 3 aliphatic rings. The van der Waals surface area contributed by atoms with E-state index in [1.165, 1.54) is 0 Å². The zero-order chi connectivity index (χ0) is 17.8. The van der Waals surface area contributed by atoms with E-state index in [4.69, 9.17) is 4.74 Å². The normalized spacial score (nSPS) is 23.2. The molecule has 3 aliphatic heterocycles. The molecule has 0 unspecified atom stereocenters. The predicted octanol–water partition coefficient (Wildman–Crippen LogP) is 1.57. The molecule has 3 fully saturated rings. The maximum atomic E-state index is 12.8. The fourth-order valence-electron chi connectivity index (χ4n) is 4.05. The largest absolute Gasteiger partial charge is 0.379 e. The van der Waals surface area contributed by atoms with Crippen molar-refractivity contribution in [3.8, 4) is 0 Å². The van der Waals surface area contributed by atoms with Crippen LogP contribution in [0.2, 0.25) is 0 Å². The summed E-state index contributed by atoms with van der Waals surface area (Å²) in [5, 5.41) is 0. The Balaban J connectivity index is 1.31. The number of ether oxygens (including phenoxy) is 1. The van der Waals surface area contributed by atoms with Gasteiger partial charge in [0.2, 0.25) is 0 Å². The van der Waals surface area contributed by atoms with Crippen molar-refractivity contribution in [1.82, 2.24) is 14.8 Å². The molecule has 0 aromatic carbocycles. The Labute approximate surface area is 159 Å². The summed E-state index contributed by atoms with van der Waals surface area (Å²) in [7, 11) is 0. The van der Waals surface area contributed by atoms with Gasteiger partial charge in [0.05, 0.1) is 18.8 Å². The monoisotopic (exact) mass is 376 g/mol. The van der Waals surface area contributed by atoms with Gasteiger partial charge < -0.3 is 14.5 Å².